The molecule has 2 heterocycles. The molecule has 4 rings (SSSR count). The quantitative estimate of drug-likeness (QED) is 0.825. The Morgan fingerprint density at radius 3 is 2.66 bits per heavy atom. The number of urea groups is 1. The molecule has 0 unspecified atom stereocenters. The Morgan fingerprint density at radius 2 is 1.93 bits per heavy atom. The molecule has 2 saturated heterocycles. The highest BCUT2D eigenvalue weighted by molar-refractivity contribution is 8.02. The van der Waals surface area contributed by atoms with Crippen molar-refractivity contribution in [2.24, 2.45) is 0 Å². The second kappa shape index (κ2) is 7.94. The number of carbonyl (C=O) groups excluding carboxylic acids is 2. The van der Waals surface area contributed by atoms with Gasteiger partial charge in [0.25, 0.3) is 0 Å². The third kappa shape index (κ3) is 3.89. The van der Waals surface area contributed by atoms with Crippen molar-refractivity contribution < 1.29 is 18.7 Å². The SMILES string of the molecule is COc1cccc(N2C(=O)CSC23CCN(C(=O)Nc2cccc(F)c2)CC3)c1. The van der Waals surface area contributed by atoms with E-state index >= 15 is 0 Å². The third-order valence-electron chi connectivity index (χ3n) is 5.34. The Kier molecular flexibility index (Phi) is 5.36. The van der Waals surface area contributed by atoms with Crippen LogP contribution in [0.15, 0.2) is 48.5 Å². The van der Waals surface area contributed by atoms with Crippen LogP contribution >= 0.6 is 11.8 Å². The summed E-state index contributed by atoms with van der Waals surface area (Å²) in [7, 11) is 1.60. The van der Waals surface area contributed by atoms with Crippen LogP contribution in [0.25, 0.3) is 0 Å². The molecule has 2 aliphatic rings. The normalized spacial score (nSPS) is 18.2. The van der Waals surface area contributed by atoms with Crippen molar-refractivity contribution in [3.8, 4) is 5.75 Å². The number of hydrogen-bond donors (Lipinski definition) is 1. The lowest BCUT2D eigenvalue weighted by atomic mass is 10.0. The first-order valence-electron chi connectivity index (χ1n) is 9.43. The van der Waals surface area contributed by atoms with E-state index in [2.05, 4.69) is 5.32 Å². The lowest BCUT2D eigenvalue weighted by molar-refractivity contribution is -0.116. The maximum absolute atomic E-state index is 13.3. The molecule has 3 amide bonds. The van der Waals surface area contributed by atoms with Crippen molar-refractivity contribution in [2.45, 2.75) is 17.7 Å². The van der Waals surface area contributed by atoms with E-state index in [1.165, 1.54) is 12.1 Å². The molecular weight excluding hydrogens is 393 g/mol. The molecule has 1 N–H and O–H groups in total. The van der Waals surface area contributed by atoms with Crippen molar-refractivity contribution in [1.29, 1.82) is 0 Å². The van der Waals surface area contributed by atoms with E-state index in [-0.39, 0.29) is 16.8 Å². The molecule has 2 aromatic carbocycles. The topological polar surface area (TPSA) is 61.9 Å². The molecule has 2 fully saturated rings. The summed E-state index contributed by atoms with van der Waals surface area (Å²) in [6.07, 6.45) is 1.33. The Morgan fingerprint density at radius 1 is 1.17 bits per heavy atom. The lowest BCUT2D eigenvalue weighted by Gasteiger charge is -2.43. The fourth-order valence-corrected chi connectivity index (χ4v) is 5.21. The molecule has 0 atom stereocenters. The van der Waals surface area contributed by atoms with Crippen LogP contribution in [-0.4, -0.2) is 47.7 Å². The minimum absolute atomic E-state index is 0.0703. The van der Waals surface area contributed by atoms with Crippen LogP contribution < -0.4 is 15.0 Å². The number of benzene rings is 2. The highest BCUT2D eigenvalue weighted by Gasteiger charge is 2.49. The van der Waals surface area contributed by atoms with Gasteiger partial charge in [0, 0.05) is 30.5 Å². The van der Waals surface area contributed by atoms with Gasteiger partial charge < -0.3 is 15.0 Å². The second-order valence-corrected chi connectivity index (χ2v) is 8.43. The number of nitrogens with one attached hydrogen (secondary N) is 1. The van der Waals surface area contributed by atoms with Gasteiger partial charge in [0.15, 0.2) is 0 Å². The van der Waals surface area contributed by atoms with Crippen molar-refractivity contribution in [1.82, 2.24) is 4.90 Å². The summed E-state index contributed by atoms with van der Waals surface area (Å²) in [5, 5.41) is 2.74. The lowest BCUT2D eigenvalue weighted by Crippen LogP contribution is -2.53. The van der Waals surface area contributed by atoms with Crippen LogP contribution in [0, 0.1) is 5.82 Å². The van der Waals surface area contributed by atoms with Crippen molar-refractivity contribution in [3.63, 3.8) is 0 Å². The standard InChI is InChI=1S/C21H22FN3O3S/c1-28-18-7-3-6-17(13-18)25-19(26)14-29-21(25)8-10-24(11-9-21)20(27)23-16-5-2-4-15(22)12-16/h2-7,12-13H,8-11,14H2,1H3,(H,23,27). The third-order valence-corrected chi connectivity index (χ3v) is 6.86. The summed E-state index contributed by atoms with van der Waals surface area (Å²) in [6.45, 7) is 1.03. The molecular formula is C21H22FN3O3S. The first-order chi connectivity index (χ1) is 14.0. The van der Waals surface area contributed by atoms with Gasteiger partial charge in [-0.1, -0.05) is 12.1 Å². The monoisotopic (exact) mass is 415 g/mol. The summed E-state index contributed by atoms with van der Waals surface area (Å²) < 4.78 is 18.6. The van der Waals surface area contributed by atoms with Gasteiger partial charge in [0.05, 0.1) is 17.7 Å². The number of amides is 3. The van der Waals surface area contributed by atoms with Crippen LogP contribution in [-0.2, 0) is 4.79 Å². The number of halogens is 1. The zero-order chi connectivity index (χ0) is 20.4. The molecule has 2 aliphatic heterocycles. The van der Waals surface area contributed by atoms with Gasteiger partial charge >= 0.3 is 6.03 Å². The number of nitrogens with zero attached hydrogens (tertiary/aromatic N) is 2. The Labute approximate surface area is 173 Å². The van der Waals surface area contributed by atoms with Crippen molar-refractivity contribution in [3.05, 3.63) is 54.3 Å². The van der Waals surface area contributed by atoms with Gasteiger partial charge in [0.1, 0.15) is 11.6 Å². The van der Waals surface area contributed by atoms with Gasteiger partial charge in [-0.2, -0.15) is 0 Å². The molecule has 6 nitrogen and oxygen atoms in total. The van der Waals surface area contributed by atoms with Crippen LogP contribution in [0.4, 0.5) is 20.6 Å². The van der Waals surface area contributed by atoms with E-state index in [0.29, 0.717) is 43.1 Å². The number of methoxy groups -OCH3 is 1. The predicted molar refractivity (Wildman–Crippen MR) is 112 cm³/mol. The summed E-state index contributed by atoms with van der Waals surface area (Å²) in [4.78, 5) is 28.5. The zero-order valence-corrected chi connectivity index (χ0v) is 16.9. The minimum atomic E-state index is -0.393. The fraction of sp³-hybridized carbons (Fsp3) is 0.333. The summed E-state index contributed by atoms with van der Waals surface area (Å²) in [5.74, 6) is 0.803. The number of carbonyl (C=O) groups is 2. The van der Waals surface area contributed by atoms with Crippen LogP contribution in [0.3, 0.4) is 0 Å². The van der Waals surface area contributed by atoms with Gasteiger partial charge in [0.2, 0.25) is 5.91 Å². The van der Waals surface area contributed by atoms with Crippen molar-refractivity contribution >= 4 is 35.1 Å². The number of thioether (sulfide) groups is 1. The molecule has 0 saturated carbocycles. The average molecular weight is 415 g/mol. The van der Waals surface area contributed by atoms with E-state index in [1.807, 2.05) is 29.2 Å². The number of ether oxygens (including phenoxy) is 1. The molecule has 152 valence electrons. The first kappa shape index (κ1) is 19.6. The molecule has 8 heteroatoms. The molecule has 0 aromatic heterocycles. The van der Waals surface area contributed by atoms with Crippen molar-refractivity contribution in [2.75, 3.05) is 36.2 Å². The molecule has 29 heavy (non-hydrogen) atoms. The molecule has 0 bridgehead atoms. The molecule has 2 aromatic rings. The Balaban J connectivity index is 1.46. The first-order valence-corrected chi connectivity index (χ1v) is 10.4. The predicted octanol–water partition coefficient (Wildman–Crippen LogP) is 3.94. The molecule has 0 radical (unpaired) electrons. The van der Waals surface area contributed by atoms with Crippen LogP contribution in [0.1, 0.15) is 12.8 Å². The van der Waals surface area contributed by atoms with E-state index in [9.17, 15) is 14.0 Å². The van der Waals surface area contributed by atoms with Gasteiger partial charge in [-0.3, -0.25) is 9.69 Å². The second-order valence-electron chi connectivity index (χ2n) is 7.09. The zero-order valence-electron chi connectivity index (χ0n) is 16.1. The van der Waals surface area contributed by atoms with E-state index in [0.717, 1.165) is 5.69 Å². The van der Waals surface area contributed by atoms with Gasteiger partial charge in [-0.05, 0) is 43.2 Å². The van der Waals surface area contributed by atoms with Crippen LogP contribution in [0.5, 0.6) is 5.75 Å². The average Bonchev–Trinajstić information content (AvgIpc) is 3.04. The van der Waals surface area contributed by atoms with Crippen LogP contribution in [0.2, 0.25) is 0 Å². The van der Waals surface area contributed by atoms with E-state index in [4.69, 9.17) is 4.74 Å². The number of piperidine rings is 1. The number of likely N-dealkylation sites (tertiary alicyclic amines) is 1. The Hall–Kier alpha value is -2.74. The van der Waals surface area contributed by atoms with E-state index in [1.54, 1.807) is 35.9 Å². The minimum Gasteiger partial charge on any atom is -0.497 e. The maximum atomic E-state index is 13.3. The smallest absolute Gasteiger partial charge is 0.321 e. The molecule has 0 aliphatic carbocycles. The summed E-state index contributed by atoms with van der Waals surface area (Å²) in [6, 6.07) is 13.1. The number of hydrogen-bond acceptors (Lipinski definition) is 4. The molecule has 1 spiro atoms. The number of anilines is 2. The number of rotatable bonds is 3. The Bertz CT molecular complexity index is 931. The maximum Gasteiger partial charge on any atom is 0.321 e. The fourth-order valence-electron chi connectivity index (χ4n) is 3.88. The van der Waals surface area contributed by atoms with Gasteiger partial charge in [-0.25, -0.2) is 9.18 Å². The summed E-state index contributed by atoms with van der Waals surface area (Å²) in [5.41, 5.74) is 1.25. The highest BCUT2D eigenvalue weighted by Crippen LogP contribution is 2.47. The highest BCUT2D eigenvalue weighted by atomic mass is 32.2. The largest absolute Gasteiger partial charge is 0.497 e. The van der Waals surface area contributed by atoms with E-state index < -0.39 is 5.82 Å². The summed E-state index contributed by atoms with van der Waals surface area (Å²) >= 11 is 1.64. The van der Waals surface area contributed by atoms with Gasteiger partial charge in [-0.15, -0.1) is 11.8 Å².